The molecule has 5 rings (SSSR count). The van der Waals surface area contributed by atoms with Crippen LogP contribution in [0.4, 0.5) is 5.95 Å². The van der Waals surface area contributed by atoms with Crippen molar-refractivity contribution < 1.29 is 13.5 Å². The fourth-order valence-corrected chi connectivity index (χ4v) is 6.80. The molecule has 0 aromatic carbocycles. The van der Waals surface area contributed by atoms with Crippen LogP contribution < -0.4 is 10.9 Å². The van der Waals surface area contributed by atoms with Crippen LogP contribution in [0.1, 0.15) is 50.6 Å². The number of hydrogen-bond acceptors (Lipinski definition) is 8. The van der Waals surface area contributed by atoms with Crippen LogP contribution in [0, 0.1) is 12.3 Å². The highest BCUT2D eigenvalue weighted by Crippen LogP contribution is 2.39. The minimum Gasteiger partial charge on any atom is -0.388 e. The molecule has 1 aliphatic carbocycles. The number of terminal acetylenes is 1. The van der Waals surface area contributed by atoms with Crippen molar-refractivity contribution in [2.24, 2.45) is 7.05 Å². The summed E-state index contributed by atoms with van der Waals surface area (Å²) in [6.45, 7) is 2.40. The molecule has 0 unspecified atom stereocenters. The van der Waals surface area contributed by atoms with E-state index in [1.54, 1.807) is 32.4 Å². The van der Waals surface area contributed by atoms with E-state index in [1.807, 2.05) is 0 Å². The Morgan fingerprint density at radius 2 is 2.00 bits per heavy atom. The van der Waals surface area contributed by atoms with Gasteiger partial charge in [0.05, 0.1) is 17.2 Å². The third-order valence-electron chi connectivity index (χ3n) is 7.25. The Morgan fingerprint density at radius 1 is 1.25 bits per heavy atom. The molecule has 0 radical (unpaired) electrons. The molecule has 2 aliphatic rings. The Balaban J connectivity index is 1.39. The lowest BCUT2D eigenvalue weighted by Crippen LogP contribution is -2.43. The number of aliphatic hydroxyl groups is 1. The van der Waals surface area contributed by atoms with Crippen LogP contribution in [-0.4, -0.2) is 66.6 Å². The zero-order chi connectivity index (χ0) is 25.7. The molecule has 2 fully saturated rings. The second-order valence-electron chi connectivity index (χ2n) is 9.76. The SMILES string of the molecule is C#Cc1cc2cnc(NC3CCN(S(=O)(=O)c4nccn4C)CC3)nc2n([C@@H]2CCC[C@@]2(C)O)c1=O. The molecule has 1 saturated carbocycles. The summed E-state index contributed by atoms with van der Waals surface area (Å²) >= 11 is 0. The van der Waals surface area contributed by atoms with Crippen molar-refractivity contribution >= 4 is 27.0 Å². The summed E-state index contributed by atoms with van der Waals surface area (Å²) in [7, 11) is -2.01. The summed E-state index contributed by atoms with van der Waals surface area (Å²) < 4.78 is 30.3. The van der Waals surface area contributed by atoms with Crippen molar-refractivity contribution in [1.29, 1.82) is 0 Å². The zero-order valence-corrected chi connectivity index (χ0v) is 21.1. The van der Waals surface area contributed by atoms with Gasteiger partial charge in [0, 0.05) is 50.2 Å². The maximum atomic E-state index is 13.2. The molecule has 4 heterocycles. The molecule has 2 atom stereocenters. The Kier molecular flexibility index (Phi) is 6.10. The van der Waals surface area contributed by atoms with E-state index in [-0.39, 0.29) is 22.3 Å². The molecule has 3 aromatic rings. The van der Waals surface area contributed by atoms with Gasteiger partial charge in [-0.2, -0.15) is 9.29 Å². The third-order valence-corrected chi connectivity index (χ3v) is 9.15. The van der Waals surface area contributed by atoms with Crippen LogP contribution in [-0.2, 0) is 17.1 Å². The first kappa shape index (κ1) is 24.4. The van der Waals surface area contributed by atoms with Crippen molar-refractivity contribution in [3.63, 3.8) is 0 Å². The van der Waals surface area contributed by atoms with Gasteiger partial charge >= 0.3 is 0 Å². The second-order valence-corrected chi connectivity index (χ2v) is 11.6. The van der Waals surface area contributed by atoms with E-state index in [0.717, 1.165) is 6.42 Å². The molecule has 0 spiro atoms. The van der Waals surface area contributed by atoms with Crippen molar-refractivity contribution in [3.8, 4) is 12.3 Å². The fourth-order valence-electron chi connectivity index (χ4n) is 5.26. The quantitative estimate of drug-likeness (QED) is 0.489. The van der Waals surface area contributed by atoms with Crippen LogP contribution in [0.25, 0.3) is 11.0 Å². The van der Waals surface area contributed by atoms with Crippen molar-refractivity contribution in [3.05, 3.63) is 40.6 Å². The van der Waals surface area contributed by atoms with Crippen LogP contribution >= 0.6 is 0 Å². The maximum Gasteiger partial charge on any atom is 0.277 e. The van der Waals surface area contributed by atoms with Crippen LogP contribution in [0.2, 0.25) is 0 Å². The van der Waals surface area contributed by atoms with Crippen molar-refractivity contribution in [1.82, 2.24) is 28.4 Å². The number of nitrogens with zero attached hydrogens (tertiary/aromatic N) is 6. The predicted molar refractivity (Wildman–Crippen MR) is 134 cm³/mol. The number of fused-ring (bicyclic) bond motifs is 1. The lowest BCUT2D eigenvalue weighted by molar-refractivity contribution is 0.0266. The van der Waals surface area contributed by atoms with Gasteiger partial charge in [0.1, 0.15) is 5.65 Å². The van der Waals surface area contributed by atoms with Gasteiger partial charge in [-0.25, -0.2) is 18.4 Å². The minimum absolute atomic E-state index is 0.0267. The van der Waals surface area contributed by atoms with Crippen LogP contribution in [0.15, 0.2) is 34.6 Å². The third kappa shape index (κ3) is 4.17. The average Bonchev–Trinajstić information content (AvgIpc) is 3.44. The molecule has 0 bridgehead atoms. The van der Waals surface area contributed by atoms with E-state index >= 15 is 0 Å². The topological polar surface area (TPSA) is 135 Å². The molecule has 0 amide bonds. The van der Waals surface area contributed by atoms with Gasteiger partial charge in [0.15, 0.2) is 0 Å². The number of nitrogens with one attached hydrogen (secondary N) is 1. The minimum atomic E-state index is -3.66. The van der Waals surface area contributed by atoms with Gasteiger partial charge in [-0.1, -0.05) is 5.92 Å². The Bertz CT molecular complexity index is 1510. The predicted octanol–water partition coefficient (Wildman–Crippen LogP) is 1.25. The number of piperidine rings is 1. The van der Waals surface area contributed by atoms with Crippen LogP contribution in [0.5, 0.6) is 0 Å². The number of aryl methyl sites for hydroxylation is 1. The molecule has 2 N–H and O–H groups in total. The summed E-state index contributed by atoms with van der Waals surface area (Å²) in [5, 5.41) is 14.9. The van der Waals surface area contributed by atoms with E-state index in [0.29, 0.717) is 55.8 Å². The molecular formula is C24H29N7O4S. The zero-order valence-electron chi connectivity index (χ0n) is 20.3. The number of hydrogen-bond donors (Lipinski definition) is 2. The van der Waals surface area contributed by atoms with Gasteiger partial charge in [0.25, 0.3) is 15.6 Å². The van der Waals surface area contributed by atoms with Gasteiger partial charge in [0.2, 0.25) is 11.1 Å². The first-order valence-electron chi connectivity index (χ1n) is 12.0. The lowest BCUT2D eigenvalue weighted by atomic mass is 9.99. The monoisotopic (exact) mass is 511 g/mol. The molecule has 3 aromatic heterocycles. The van der Waals surface area contributed by atoms with E-state index in [2.05, 4.69) is 26.2 Å². The molecule has 11 nitrogen and oxygen atoms in total. The summed E-state index contributed by atoms with van der Waals surface area (Å²) in [5.74, 6) is 2.78. The van der Waals surface area contributed by atoms with Crippen LogP contribution in [0.3, 0.4) is 0 Å². The van der Waals surface area contributed by atoms with E-state index < -0.39 is 21.7 Å². The second kappa shape index (κ2) is 8.99. The normalized spacial score (nSPS) is 23.7. The Labute approximate surface area is 209 Å². The average molecular weight is 512 g/mol. The number of imidazole rings is 1. The number of anilines is 1. The molecule has 1 saturated heterocycles. The smallest absolute Gasteiger partial charge is 0.277 e. The fraction of sp³-hybridized carbons (Fsp3) is 0.500. The highest BCUT2D eigenvalue weighted by atomic mass is 32.2. The molecule has 190 valence electrons. The number of pyridine rings is 1. The molecule has 1 aliphatic heterocycles. The summed E-state index contributed by atoms with van der Waals surface area (Å²) in [4.78, 5) is 26.3. The highest BCUT2D eigenvalue weighted by Gasteiger charge is 2.40. The van der Waals surface area contributed by atoms with Gasteiger partial charge in [-0.15, -0.1) is 6.42 Å². The maximum absolute atomic E-state index is 13.2. The lowest BCUT2D eigenvalue weighted by Gasteiger charge is -2.31. The number of sulfonamides is 1. The van der Waals surface area contributed by atoms with E-state index in [9.17, 15) is 18.3 Å². The summed E-state index contributed by atoms with van der Waals surface area (Å²) in [6, 6.07) is 1.11. The molecular weight excluding hydrogens is 482 g/mol. The van der Waals surface area contributed by atoms with Gasteiger partial charge in [-0.05, 0) is 45.1 Å². The molecule has 36 heavy (non-hydrogen) atoms. The van der Waals surface area contributed by atoms with E-state index in [1.165, 1.54) is 19.6 Å². The Morgan fingerprint density at radius 3 is 2.61 bits per heavy atom. The first-order chi connectivity index (χ1) is 17.1. The molecule has 12 heteroatoms. The largest absolute Gasteiger partial charge is 0.388 e. The first-order valence-corrected chi connectivity index (χ1v) is 13.4. The van der Waals surface area contributed by atoms with Crippen molar-refractivity contribution in [2.45, 2.75) is 61.9 Å². The number of aromatic nitrogens is 5. The van der Waals surface area contributed by atoms with Crippen molar-refractivity contribution in [2.75, 3.05) is 18.4 Å². The number of rotatable bonds is 5. The Hall–Kier alpha value is -3.27. The highest BCUT2D eigenvalue weighted by molar-refractivity contribution is 7.89. The summed E-state index contributed by atoms with van der Waals surface area (Å²) in [6.07, 6.45) is 13.4. The summed E-state index contributed by atoms with van der Waals surface area (Å²) in [5.41, 5.74) is -0.780. The van der Waals surface area contributed by atoms with Gasteiger partial charge < -0.3 is 15.0 Å². The van der Waals surface area contributed by atoms with Gasteiger partial charge in [-0.3, -0.25) is 9.36 Å². The van der Waals surface area contributed by atoms with E-state index in [4.69, 9.17) is 6.42 Å². The standard InChI is InChI=1S/C24H29N7O4S/c1-4-16-14-17-15-26-22(28-20(17)31(21(16)32)19-6-5-9-24(19,2)33)27-18-7-11-30(12-8-18)36(34,35)23-25-10-13-29(23)3/h1,10,13-15,18-19,33H,5-9,11-12H2,2-3H3,(H,26,27,28)/t19-,24-/m1/s1.